The minimum Gasteiger partial charge on any atom is -0.494 e. The zero-order valence-corrected chi connectivity index (χ0v) is 16.7. The van der Waals surface area contributed by atoms with Crippen LogP contribution in [-0.2, 0) is 11.3 Å². The average molecular weight is 375 g/mol. The van der Waals surface area contributed by atoms with Crippen LogP contribution < -0.4 is 4.74 Å². The molecule has 2 heterocycles. The standard InChI is InChI=1S/C21H30N2O2S/c1-3-11-25-19-7-4-6-18(15-19)16-22(2)17-20(21-8-5-14-26-21)23-9-12-24-13-10-23/h4-8,14-15,20H,3,9-13,16-17H2,1-2H3/t20-/m1/s1. The summed E-state index contributed by atoms with van der Waals surface area (Å²) < 4.78 is 11.3. The normalized spacial score (nSPS) is 16.7. The molecule has 0 unspecified atom stereocenters. The molecular formula is C21H30N2O2S. The fraction of sp³-hybridized carbons (Fsp3) is 0.524. The maximum Gasteiger partial charge on any atom is 0.119 e. The molecule has 1 atom stereocenters. The van der Waals surface area contributed by atoms with Crippen LogP contribution >= 0.6 is 11.3 Å². The van der Waals surface area contributed by atoms with Crippen molar-refractivity contribution in [1.82, 2.24) is 9.80 Å². The first-order valence-corrected chi connectivity index (χ1v) is 10.4. The van der Waals surface area contributed by atoms with E-state index >= 15 is 0 Å². The molecule has 2 aromatic rings. The van der Waals surface area contributed by atoms with Gasteiger partial charge < -0.3 is 14.4 Å². The maximum atomic E-state index is 5.77. The van der Waals surface area contributed by atoms with Crippen molar-refractivity contribution in [2.75, 3.05) is 46.5 Å². The van der Waals surface area contributed by atoms with Gasteiger partial charge in [-0.05, 0) is 42.6 Å². The molecule has 1 aromatic carbocycles. The maximum absolute atomic E-state index is 5.77. The topological polar surface area (TPSA) is 24.9 Å². The second kappa shape index (κ2) is 10.1. The summed E-state index contributed by atoms with van der Waals surface area (Å²) in [6, 6.07) is 13.3. The van der Waals surface area contributed by atoms with Crippen molar-refractivity contribution < 1.29 is 9.47 Å². The van der Waals surface area contributed by atoms with Crippen molar-refractivity contribution in [3.63, 3.8) is 0 Å². The van der Waals surface area contributed by atoms with Gasteiger partial charge in [-0.1, -0.05) is 25.1 Å². The molecule has 0 aliphatic carbocycles. The number of ether oxygens (including phenoxy) is 2. The van der Waals surface area contributed by atoms with Crippen molar-refractivity contribution in [3.05, 3.63) is 52.2 Å². The molecule has 0 bridgehead atoms. The monoisotopic (exact) mass is 374 g/mol. The highest BCUT2D eigenvalue weighted by Gasteiger charge is 2.24. The summed E-state index contributed by atoms with van der Waals surface area (Å²) in [6.45, 7) is 8.54. The molecule has 1 aromatic heterocycles. The van der Waals surface area contributed by atoms with Gasteiger partial charge in [-0.25, -0.2) is 0 Å². The van der Waals surface area contributed by atoms with E-state index in [9.17, 15) is 0 Å². The number of thiophene rings is 1. The van der Waals surface area contributed by atoms with Crippen molar-refractivity contribution in [3.8, 4) is 5.75 Å². The van der Waals surface area contributed by atoms with Gasteiger partial charge in [-0.2, -0.15) is 0 Å². The summed E-state index contributed by atoms with van der Waals surface area (Å²) >= 11 is 1.86. The van der Waals surface area contributed by atoms with Gasteiger partial charge in [0.05, 0.1) is 25.9 Å². The molecule has 0 radical (unpaired) electrons. The van der Waals surface area contributed by atoms with E-state index in [0.29, 0.717) is 6.04 Å². The van der Waals surface area contributed by atoms with Crippen LogP contribution in [0.15, 0.2) is 41.8 Å². The van der Waals surface area contributed by atoms with Crippen LogP contribution in [0, 0.1) is 0 Å². The highest BCUT2D eigenvalue weighted by atomic mass is 32.1. The van der Waals surface area contributed by atoms with Crippen LogP contribution in [0.3, 0.4) is 0 Å². The number of likely N-dealkylation sites (N-methyl/N-ethyl adjacent to an activating group) is 1. The molecule has 1 saturated heterocycles. The summed E-state index contributed by atoms with van der Waals surface area (Å²) in [5.74, 6) is 0.973. The van der Waals surface area contributed by atoms with Crippen LogP contribution in [0.25, 0.3) is 0 Å². The van der Waals surface area contributed by atoms with E-state index in [-0.39, 0.29) is 0 Å². The molecule has 3 rings (SSSR count). The van der Waals surface area contributed by atoms with Gasteiger partial charge in [0.1, 0.15) is 5.75 Å². The molecule has 4 nitrogen and oxygen atoms in total. The summed E-state index contributed by atoms with van der Waals surface area (Å²) in [5.41, 5.74) is 1.30. The fourth-order valence-corrected chi connectivity index (χ4v) is 4.23. The first kappa shape index (κ1) is 19.4. The van der Waals surface area contributed by atoms with E-state index in [1.54, 1.807) is 0 Å². The molecule has 0 amide bonds. The Hall–Kier alpha value is -1.40. The number of morpholine rings is 1. The SMILES string of the molecule is CCCOc1cccc(CN(C)C[C@H](c2cccs2)N2CCOCC2)c1. The molecule has 1 aliphatic rings. The molecule has 5 heteroatoms. The lowest BCUT2D eigenvalue weighted by atomic mass is 10.1. The Labute approximate surface area is 161 Å². The third kappa shape index (κ3) is 5.55. The van der Waals surface area contributed by atoms with Crippen molar-refractivity contribution in [2.45, 2.75) is 25.9 Å². The third-order valence-corrected chi connectivity index (χ3v) is 5.64. The van der Waals surface area contributed by atoms with E-state index < -0.39 is 0 Å². The second-order valence-electron chi connectivity index (χ2n) is 6.87. The lowest BCUT2D eigenvalue weighted by Crippen LogP contribution is -2.42. The van der Waals surface area contributed by atoms with Gasteiger partial charge in [0.15, 0.2) is 0 Å². The van der Waals surface area contributed by atoms with E-state index in [4.69, 9.17) is 9.47 Å². The summed E-state index contributed by atoms with van der Waals surface area (Å²) in [7, 11) is 2.21. The predicted octanol–water partition coefficient (Wildman–Crippen LogP) is 4.04. The molecule has 1 fully saturated rings. The zero-order valence-electron chi connectivity index (χ0n) is 15.9. The highest BCUT2D eigenvalue weighted by Crippen LogP contribution is 2.27. The molecule has 0 N–H and O–H groups in total. The largest absolute Gasteiger partial charge is 0.494 e. The predicted molar refractivity (Wildman–Crippen MR) is 108 cm³/mol. The Morgan fingerprint density at radius 1 is 1.23 bits per heavy atom. The van der Waals surface area contributed by atoms with Crippen LogP contribution in [0.5, 0.6) is 5.75 Å². The number of hydrogen-bond donors (Lipinski definition) is 0. The third-order valence-electron chi connectivity index (χ3n) is 4.67. The first-order chi connectivity index (χ1) is 12.8. The molecule has 0 spiro atoms. The van der Waals surface area contributed by atoms with Gasteiger partial charge >= 0.3 is 0 Å². The van der Waals surface area contributed by atoms with Crippen LogP contribution in [-0.4, -0.2) is 56.3 Å². The smallest absolute Gasteiger partial charge is 0.119 e. The minimum absolute atomic E-state index is 0.434. The van der Waals surface area contributed by atoms with Crippen molar-refractivity contribution in [2.24, 2.45) is 0 Å². The molecular weight excluding hydrogens is 344 g/mol. The minimum atomic E-state index is 0.434. The van der Waals surface area contributed by atoms with Gasteiger partial charge in [-0.15, -0.1) is 11.3 Å². The van der Waals surface area contributed by atoms with E-state index in [2.05, 4.69) is 59.5 Å². The Morgan fingerprint density at radius 3 is 2.81 bits per heavy atom. The number of hydrogen-bond acceptors (Lipinski definition) is 5. The number of benzene rings is 1. The van der Waals surface area contributed by atoms with Gasteiger partial charge in [0.25, 0.3) is 0 Å². The molecule has 1 aliphatic heterocycles. The zero-order chi connectivity index (χ0) is 18.2. The van der Waals surface area contributed by atoms with Gasteiger partial charge in [0, 0.05) is 31.1 Å². The highest BCUT2D eigenvalue weighted by molar-refractivity contribution is 7.10. The second-order valence-corrected chi connectivity index (χ2v) is 7.85. The molecule has 26 heavy (non-hydrogen) atoms. The average Bonchev–Trinajstić information content (AvgIpc) is 3.20. The van der Waals surface area contributed by atoms with Gasteiger partial charge in [0.2, 0.25) is 0 Å². The van der Waals surface area contributed by atoms with E-state index in [1.807, 2.05) is 17.4 Å². The molecule has 142 valence electrons. The number of rotatable bonds is 9. The first-order valence-electron chi connectivity index (χ1n) is 9.51. The lowest BCUT2D eigenvalue weighted by Gasteiger charge is -2.36. The summed E-state index contributed by atoms with van der Waals surface area (Å²) in [5, 5.41) is 2.18. The van der Waals surface area contributed by atoms with Gasteiger partial charge in [-0.3, -0.25) is 4.90 Å². The van der Waals surface area contributed by atoms with E-state index in [0.717, 1.165) is 58.2 Å². The van der Waals surface area contributed by atoms with Crippen molar-refractivity contribution >= 4 is 11.3 Å². The fourth-order valence-electron chi connectivity index (χ4n) is 3.38. The Morgan fingerprint density at radius 2 is 2.08 bits per heavy atom. The Balaban J connectivity index is 1.63. The number of nitrogens with zero attached hydrogens (tertiary/aromatic N) is 2. The summed E-state index contributed by atoms with van der Waals surface area (Å²) in [6.07, 6.45) is 1.03. The lowest BCUT2D eigenvalue weighted by molar-refractivity contribution is 0.00964. The van der Waals surface area contributed by atoms with Crippen LogP contribution in [0.4, 0.5) is 0 Å². The summed E-state index contributed by atoms with van der Waals surface area (Å²) in [4.78, 5) is 6.42. The van der Waals surface area contributed by atoms with Crippen LogP contribution in [0.2, 0.25) is 0 Å². The van der Waals surface area contributed by atoms with E-state index in [1.165, 1.54) is 10.4 Å². The quantitative estimate of drug-likeness (QED) is 0.661. The Bertz CT molecular complexity index is 641. The van der Waals surface area contributed by atoms with Crippen LogP contribution in [0.1, 0.15) is 29.8 Å². The Kier molecular flexibility index (Phi) is 7.50. The molecule has 0 saturated carbocycles. The van der Waals surface area contributed by atoms with Crippen molar-refractivity contribution in [1.29, 1.82) is 0 Å².